The van der Waals surface area contributed by atoms with Crippen molar-refractivity contribution in [3.05, 3.63) is 24.3 Å². The third-order valence-corrected chi connectivity index (χ3v) is 5.66. The van der Waals surface area contributed by atoms with Gasteiger partial charge in [0.05, 0.1) is 16.7 Å². The number of carbonyl (C=O) groups is 1. The van der Waals surface area contributed by atoms with Crippen LogP contribution in [0.5, 0.6) is 5.75 Å². The molecule has 112 valence electrons. The lowest BCUT2D eigenvalue weighted by Crippen LogP contribution is -2.59. The molecule has 4 fully saturated rings. The molecule has 0 radical (unpaired) electrons. The minimum absolute atomic E-state index is 0.0310. The highest BCUT2D eigenvalue weighted by Crippen LogP contribution is 2.61. The van der Waals surface area contributed by atoms with E-state index in [4.69, 9.17) is 0 Å². The molecule has 3 N–H and O–H groups in total. The minimum Gasteiger partial charge on any atom is -0.506 e. The van der Waals surface area contributed by atoms with E-state index in [1.165, 1.54) is 0 Å². The van der Waals surface area contributed by atoms with Crippen molar-refractivity contribution >= 4 is 11.6 Å². The van der Waals surface area contributed by atoms with Gasteiger partial charge in [0.2, 0.25) is 5.91 Å². The third-order valence-electron chi connectivity index (χ3n) is 5.66. The first kappa shape index (κ1) is 13.1. The average molecular weight is 287 g/mol. The minimum atomic E-state index is -0.639. The zero-order chi connectivity index (χ0) is 14.7. The zero-order valence-corrected chi connectivity index (χ0v) is 12.0. The van der Waals surface area contributed by atoms with Crippen LogP contribution < -0.4 is 5.32 Å². The Morgan fingerprint density at radius 3 is 2.43 bits per heavy atom. The highest BCUT2D eigenvalue weighted by atomic mass is 16.3. The second-order valence-corrected chi connectivity index (χ2v) is 7.44. The second kappa shape index (κ2) is 4.23. The first-order valence-corrected chi connectivity index (χ1v) is 7.80. The van der Waals surface area contributed by atoms with Gasteiger partial charge in [-0.15, -0.1) is 0 Å². The Bertz CT molecular complexity index is 583. The predicted octanol–water partition coefficient (Wildman–Crippen LogP) is 2.66. The summed E-state index contributed by atoms with van der Waals surface area (Å²) < 4.78 is 0. The number of aromatic hydroxyl groups is 1. The van der Waals surface area contributed by atoms with Crippen LogP contribution in [-0.4, -0.2) is 21.7 Å². The third kappa shape index (κ3) is 2.04. The molecule has 2 atom stereocenters. The van der Waals surface area contributed by atoms with Crippen molar-refractivity contribution < 1.29 is 15.0 Å². The monoisotopic (exact) mass is 287 g/mol. The average Bonchev–Trinajstić information content (AvgIpc) is 2.38. The number of carbonyl (C=O) groups excluding carboxylic acids is 1. The van der Waals surface area contributed by atoms with Crippen molar-refractivity contribution in [3.63, 3.8) is 0 Å². The van der Waals surface area contributed by atoms with Gasteiger partial charge in [0, 0.05) is 0 Å². The molecule has 0 unspecified atom stereocenters. The first-order valence-electron chi connectivity index (χ1n) is 7.80. The van der Waals surface area contributed by atoms with Gasteiger partial charge in [-0.2, -0.15) is 0 Å². The van der Waals surface area contributed by atoms with E-state index in [1.807, 2.05) is 0 Å². The fourth-order valence-electron chi connectivity index (χ4n) is 5.31. The molecule has 1 amide bonds. The van der Waals surface area contributed by atoms with Crippen LogP contribution in [0.2, 0.25) is 0 Å². The number of para-hydroxylation sites is 2. The number of hydrogen-bond donors (Lipinski definition) is 3. The van der Waals surface area contributed by atoms with Gasteiger partial charge in [-0.3, -0.25) is 4.79 Å². The van der Waals surface area contributed by atoms with Crippen LogP contribution in [0.1, 0.15) is 38.5 Å². The Kier molecular flexibility index (Phi) is 2.65. The molecule has 4 aliphatic carbocycles. The van der Waals surface area contributed by atoms with Gasteiger partial charge in [0.1, 0.15) is 5.75 Å². The number of phenols is 1. The highest BCUT2D eigenvalue weighted by molar-refractivity contribution is 5.96. The number of benzene rings is 1. The smallest absolute Gasteiger partial charge is 0.230 e. The molecule has 0 heterocycles. The van der Waals surface area contributed by atoms with Crippen LogP contribution >= 0.6 is 0 Å². The number of phenolic OH excluding ortho intramolecular Hbond substituents is 1. The van der Waals surface area contributed by atoms with Crippen molar-refractivity contribution in [2.45, 2.75) is 44.1 Å². The lowest BCUT2D eigenvalue weighted by Gasteiger charge is -2.59. The van der Waals surface area contributed by atoms with E-state index in [9.17, 15) is 15.0 Å². The first-order chi connectivity index (χ1) is 9.98. The molecule has 0 spiro atoms. The van der Waals surface area contributed by atoms with Crippen molar-refractivity contribution in [1.82, 2.24) is 0 Å². The Labute approximate surface area is 124 Å². The summed E-state index contributed by atoms with van der Waals surface area (Å²) in [5.74, 6) is 1.02. The van der Waals surface area contributed by atoms with Gasteiger partial charge in [0.25, 0.3) is 0 Å². The van der Waals surface area contributed by atoms with Crippen LogP contribution in [0, 0.1) is 17.3 Å². The summed E-state index contributed by atoms with van der Waals surface area (Å²) in [5, 5.41) is 23.4. The maximum atomic E-state index is 12.8. The van der Waals surface area contributed by atoms with E-state index < -0.39 is 11.0 Å². The molecule has 1 aromatic rings. The van der Waals surface area contributed by atoms with Gasteiger partial charge < -0.3 is 15.5 Å². The molecule has 4 heteroatoms. The summed E-state index contributed by atoms with van der Waals surface area (Å²) in [6.45, 7) is 0. The summed E-state index contributed by atoms with van der Waals surface area (Å²) in [7, 11) is 0. The van der Waals surface area contributed by atoms with E-state index in [0.29, 0.717) is 23.9 Å². The van der Waals surface area contributed by atoms with Crippen LogP contribution in [0.3, 0.4) is 0 Å². The Balaban J connectivity index is 1.61. The summed E-state index contributed by atoms with van der Waals surface area (Å²) in [5.41, 5.74) is -0.619. The molecule has 4 saturated carbocycles. The van der Waals surface area contributed by atoms with Crippen LogP contribution in [0.25, 0.3) is 0 Å². The number of hydrogen-bond acceptors (Lipinski definition) is 3. The van der Waals surface area contributed by atoms with Gasteiger partial charge >= 0.3 is 0 Å². The molecule has 4 aliphatic rings. The lowest BCUT2D eigenvalue weighted by molar-refractivity contribution is -0.174. The quantitative estimate of drug-likeness (QED) is 0.732. The number of anilines is 1. The van der Waals surface area contributed by atoms with Crippen LogP contribution in [-0.2, 0) is 4.79 Å². The fraction of sp³-hybridized carbons (Fsp3) is 0.588. The van der Waals surface area contributed by atoms with E-state index in [2.05, 4.69) is 5.32 Å². The van der Waals surface area contributed by atoms with Gasteiger partial charge in [-0.1, -0.05) is 12.1 Å². The molecule has 0 saturated heterocycles. The van der Waals surface area contributed by atoms with E-state index in [1.54, 1.807) is 24.3 Å². The topological polar surface area (TPSA) is 69.6 Å². The Morgan fingerprint density at radius 1 is 1.14 bits per heavy atom. The number of nitrogens with one attached hydrogen (secondary N) is 1. The number of aliphatic hydroxyl groups is 1. The van der Waals surface area contributed by atoms with Crippen molar-refractivity contribution in [3.8, 4) is 5.75 Å². The van der Waals surface area contributed by atoms with Gasteiger partial charge in [0.15, 0.2) is 0 Å². The predicted molar refractivity (Wildman–Crippen MR) is 78.8 cm³/mol. The standard InChI is InChI=1S/C17H21NO3/c19-14-4-2-1-3-13(14)18-15(20)16-6-11-5-12(7-16)9-17(21,8-11)10-16/h1-4,11-12,19,21H,5-10H2,(H,18,20)/t11-,12-,16?,17?/m1/s1. The van der Waals surface area contributed by atoms with E-state index in [0.717, 1.165) is 32.1 Å². The van der Waals surface area contributed by atoms with Gasteiger partial charge in [-0.05, 0) is 62.5 Å². The molecule has 4 nitrogen and oxygen atoms in total. The maximum Gasteiger partial charge on any atom is 0.230 e. The van der Waals surface area contributed by atoms with Crippen LogP contribution in [0.4, 0.5) is 5.69 Å². The molecule has 4 bridgehead atoms. The zero-order valence-electron chi connectivity index (χ0n) is 12.0. The van der Waals surface area contributed by atoms with Crippen molar-refractivity contribution in [1.29, 1.82) is 0 Å². The molecule has 1 aromatic carbocycles. The summed E-state index contributed by atoms with van der Waals surface area (Å²) in [6.07, 6.45) is 5.21. The van der Waals surface area contributed by atoms with Crippen LogP contribution in [0.15, 0.2) is 24.3 Å². The van der Waals surface area contributed by atoms with Gasteiger partial charge in [-0.25, -0.2) is 0 Å². The second-order valence-electron chi connectivity index (χ2n) is 7.44. The molecular weight excluding hydrogens is 266 g/mol. The molecule has 21 heavy (non-hydrogen) atoms. The molecular formula is C17H21NO3. The number of amides is 1. The maximum absolute atomic E-state index is 12.8. The fourth-order valence-corrected chi connectivity index (χ4v) is 5.31. The largest absolute Gasteiger partial charge is 0.506 e. The Hall–Kier alpha value is -1.55. The highest BCUT2D eigenvalue weighted by Gasteiger charge is 2.60. The van der Waals surface area contributed by atoms with Crippen molar-refractivity contribution in [2.75, 3.05) is 5.32 Å². The van der Waals surface area contributed by atoms with E-state index in [-0.39, 0.29) is 11.7 Å². The molecule has 0 aliphatic heterocycles. The van der Waals surface area contributed by atoms with Crippen molar-refractivity contribution in [2.24, 2.45) is 17.3 Å². The SMILES string of the molecule is O=C(Nc1ccccc1O)C12C[C@H]3C[C@@H](CC(O)(C3)C1)C2. The summed E-state index contributed by atoms with van der Waals surface area (Å²) >= 11 is 0. The normalized spacial score (nSPS) is 40.2. The van der Waals surface area contributed by atoms with E-state index >= 15 is 0 Å². The molecule has 5 rings (SSSR count). The number of rotatable bonds is 2. The summed E-state index contributed by atoms with van der Waals surface area (Å²) in [6, 6.07) is 6.81. The summed E-state index contributed by atoms with van der Waals surface area (Å²) in [4.78, 5) is 12.8. The Morgan fingerprint density at radius 2 is 1.81 bits per heavy atom. The lowest BCUT2D eigenvalue weighted by atomic mass is 9.47. The molecule has 0 aromatic heterocycles.